The molecule has 184 valence electrons. The van der Waals surface area contributed by atoms with Crippen LogP contribution in [0.15, 0.2) is 137 Å². The van der Waals surface area contributed by atoms with Gasteiger partial charge < -0.3 is 19.3 Å². The molecule has 0 aliphatic carbocycles. The fraction of sp³-hybridized carbons (Fsp3) is 0. The molecule has 0 radical (unpaired) electrons. The molecule has 0 amide bonds. The van der Waals surface area contributed by atoms with Crippen LogP contribution in [-0.2, 0) is 9.84 Å². The van der Waals surface area contributed by atoms with Crippen molar-refractivity contribution in [3.8, 4) is 40.2 Å². The number of phenols is 1. The Hall–Kier alpha value is -4.75. The largest absolute Gasteiger partial charge is 0.508 e. The molecule has 6 nitrogen and oxygen atoms in total. The number of ether oxygens (including phenoxy) is 3. The van der Waals surface area contributed by atoms with Crippen LogP contribution in [0.25, 0.3) is 0 Å². The molecule has 0 bridgehead atoms. The molecule has 0 aliphatic rings. The number of phenolic OH excluding ortho intramolecular Hbond substituents is 1. The van der Waals surface area contributed by atoms with Gasteiger partial charge in [-0.05, 0) is 109 Å². The van der Waals surface area contributed by atoms with Crippen molar-refractivity contribution in [1.29, 1.82) is 0 Å². The van der Waals surface area contributed by atoms with E-state index in [1.54, 1.807) is 36.4 Å². The quantitative estimate of drug-likeness (QED) is 0.231. The first kappa shape index (κ1) is 24.0. The van der Waals surface area contributed by atoms with E-state index in [1.165, 1.54) is 36.4 Å². The highest BCUT2D eigenvalue weighted by atomic mass is 32.2. The van der Waals surface area contributed by atoms with Crippen LogP contribution in [0.2, 0.25) is 0 Å². The van der Waals surface area contributed by atoms with Crippen LogP contribution >= 0.6 is 0 Å². The second-order valence-corrected chi connectivity index (χ2v) is 9.98. The second-order valence-electron chi connectivity index (χ2n) is 8.03. The van der Waals surface area contributed by atoms with Gasteiger partial charge in [0.25, 0.3) is 0 Å². The normalized spacial score (nSPS) is 11.0. The summed E-state index contributed by atoms with van der Waals surface area (Å²) >= 11 is 0. The summed E-state index contributed by atoms with van der Waals surface area (Å²) in [6, 6.07) is 35.6. The Morgan fingerprint density at radius 1 is 0.405 bits per heavy atom. The molecule has 0 heterocycles. The molecule has 5 rings (SSSR count). The van der Waals surface area contributed by atoms with E-state index in [0.717, 1.165) is 5.75 Å². The third kappa shape index (κ3) is 5.91. The lowest BCUT2D eigenvalue weighted by Gasteiger charge is -2.10. The summed E-state index contributed by atoms with van der Waals surface area (Å²) in [4.78, 5) is 0.238. The van der Waals surface area contributed by atoms with Gasteiger partial charge in [-0.2, -0.15) is 0 Å². The van der Waals surface area contributed by atoms with Crippen LogP contribution in [-0.4, -0.2) is 13.5 Å². The summed E-state index contributed by atoms with van der Waals surface area (Å²) in [5, 5.41) is 9.39. The van der Waals surface area contributed by atoms with Gasteiger partial charge in [0.05, 0.1) is 9.79 Å². The first-order valence-corrected chi connectivity index (χ1v) is 12.9. The van der Waals surface area contributed by atoms with Crippen molar-refractivity contribution in [3.05, 3.63) is 127 Å². The Morgan fingerprint density at radius 3 is 1.08 bits per heavy atom. The SMILES string of the molecule is O=S(=O)(c1ccc(O)cc1)c1ccc(Oc2ccc(Oc3ccc(Oc4ccccc4)cc3)cc2)cc1. The van der Waals surface area contributed by atoms with Crippen LogP contribution in [0.5, 0.6) is 40.2 Å². The van der Waals surface area contributed by atoms with E-state index in [4.69, 9.17) is 14.2 Å². The molecule has 7 heteroatoms. The molecule has 0 spiro atoms. The van der Waals surface area contributed by atoms with Gasteiger partial charge in [-0.15, -0.1) is 0 Å². The maximum Gasteiger partial charge on any atom is 0.206 e. The number of hydrogen-bond donors (Lipinski definition) is 1. The number of para-hydroxylation sites is 1. The fourth-order valence-electron chi connectivity index (χ4n) is 3.50. The summed E-state index contributed by atoms with van der Waals surface area (Å²) in [6.07, 6.45) is 0. The minimum Gasteiger partial charge on any atom is -0.508 e. The van der Waals surface area contributed by atoms with Crippen LogP contribution in [0.1, 0.15) is 0 Å². The van der Waals surface area contributed by atoms with Crippen molar-refractivity contribution in [3.63, 3.8) is 0 Å². The van der Waals surface area contributed by atoms with Crippen molar-refractivity contribution < 1.29 is 27.7 Å². The molecular weight excluding hydrogens is 488 g/mol. The van der Waals surface area contributed by atoms with Crippen LogP contribution in [0.3, 0.4) is 0 Å². The first-order valence-electron chi connectivity index (χ1n) is 11.4. The predicted molar refractivity (Wildman–Crippen MR) is 140 cm³/mol. The maximum atomic E-state index is 12.8. The van der Waals surface area contributed by atoms with Gasteiger partial charge in [0.2, 0.25) is 9.84 Å². The van der Waals surface area contributed by atoms with Crippen molar-refractivity contribution in [2.24, 2.45) is 0 Å². The van der Waals surface area contributed by atoms with E-state index < -0.39 is 9.84 Å². The van der Waals surface area contributed by atoms with E-state index in [0.29, 0.717) is 28.7 Å². The summed E-state index contributed by atoms with van der Waals surface area (Å²) in [7, 11) is -3.69. The Kier molecular flexibility index (Phi) is 6.78. The molecule has 5 aromatic carbocycles. The van der Waals surface area contributed by atoms with E-state index in [-0.39, 0.29) is 15.5 Å². The molecule has 0 unspecified atom stereocenters. The third-order valence-electron chi connectivity index (χ3n) is 5.38. The van der Waals surface area contributed by atoms with Gasteiger partial charge in [-0.25, -0.2) is 8.42 Å². The summed E-state index contributed by atoms with van der Waals surface area (Å²) < 4.78 is 43.1. The van der Waals surface area contributed by atoms with E-state index >= 15 is 0 Å². The molecule has 37 heavy (non-hydrogen) atoms. The molecular formula is C30H22O6S. The van der Waals surface area contributed by atoms with Crippen LogP contribution < -0.4 is 14.2 Å². The minimum atomic E-state index is -3.69. The first-order chi connectivity index (χ1) is 18.0. The zero-order valence-electron chi connectivity index (χ0n) is 19.5. The van der Waals surface area contributed by atoms with Crippen molar-refractivity contribution >= 4 is 9.84 Å². The molecule has 0 atom stereocenters. The zero-order chi connectivity index (χ0) is 25.7. The van der Waals surface area contributed by atoms with Gasteiger partial charge in [0.15, 0.2) is 0 Å². The highest BCUT2D eigenvalue weighted by molar-refractivity contribution is 7.91. The molecule has 5 aromatic rings. The van der Waals surface area contributed by atoms with Crippen LogP contribution in [0, 0.1) is 0 Å². The highest BCUT2D eigenvalue weighted by Gasteiger charge is 2.17. The monoisotopic (exact) mass is 510 g/mol. The molecule has 0 saturated heterocycles. The van der Waals surface area contributed by atoms with E-state index in [9.17, 15) is 13.5 Å². The van der Waals surface area contributed by atoms with Crippen LogP contribution in [0.4, 0.5) is 0 Å². The zero-order valence-corrected chi connectivity index (χ0v) is 20.3. The van der Waals surface area contributed by atoms with Crippen molar-refractivity contribution in [2.45, 2.75) is 9.79 Å². The number of aromatic hydroxyl groups is 1. The van der Waals surface area contributed by atoms with Gasteiger partial charge >= 0.3 is 0 Å². The Bertz CT molecular complexity index is 1560. The van der Waals surface area contributed by atoms with Crippen molar-refractivity contribution in [1.82, 2.24) is 0 Å². The lowest BCUT2D eigenvalue weighted by Crippen LogP contribution is -2.01. The Balaban J connectivity index is 1.19. The lowest BCUT2D eigenvalue weighted by molar-refractivity contribution is 0.464. The van der Waals surface area contributed by atoms with Gasteiger partial charge in [-0.1, -0.05) is 18.2 Å². The molecule has 0 aliphatic heterocycles. The summed E-state index contributed by atoms with van der Waals surface area (Å²) in [5.74, 6) is 3.86. The molecule has 1 N–H and O–H groups in total. The van der Waals surface area contributed by atoms with E-state index in [2.05, 4.69) is 0 Å². The third-order valence-corrected chi connectivity index (χ3v) is 7.16. The predicted octanol–water partition coefficient (Wildman–Crippen LogP) is 7.60. The smallest absolute Gasteiger partial charge is 0.206 e. The van der Waals surface area contributed by atoms with Gasteiger partial charge in [0, 0.05) is 0 Å². The maximum absolute atomic E-state index is 12.8. The fourth-order valence-corrected chi connectivity index (χ4v) is 4.76. The second kappa shape index (κ2) is 10.5. The molecule has 0 aromatic heterocycles. The minimum absolute atomic E-state index is 0.00505. The van der Waals surface area contributed by atoms with Gasteiger partial charge in [0.1, 0.15) is 40.2 Å². The Labute approximate surface area is 214 Å². The molecule has 0 fully saturated rings. The number of hydrogen-bond acceptors (Lipinski definition) is 6. The Morgan fingerprint density at radius 2 is 0.703 bits per heavy atom. The highest BCUT2D eigenvalue weighted by Crippen LogP contribution is 2.30. The van der Waals surface area contributed by atoms with E-state index in [1.807, 2.05) is 54.6 Å². The molecule has 0 saturated carbocycles. The lowest BCUT2D eigenvalue weighted by atomic mass is 10.3. The summed E-state index contributed by atoms with van der Waals surface area (Å²) in [5.41, 5.74) is 0. The average Bonchev–Trinajstić information content (AvgIpc) is 2.92. The standard InChI is InChI=1S/C30H22O6S/c31-22-6-18-29(19-7-22)37(32,33)30-20-16-28(17-21-30)36-27-14-12-26(13-15-27)35-25-10-8-24(9-11-25)34-23-4-2-1-3-5-23/h1-21,31H. The van der Waals surface area contributed by atoms with Gasteiger partial charge in [-0.3, -0.25) is 0 Å². The van der Waals surface area contributed by atoms with Crippen molar-refractivity contribution in [2.75, 3.05) is 0 Å². The number of benzene rings is 5. The topological polar surface area (TPSA) is 82.1 Å². The number of sulfone groups is 1. The number of rotatable bonds is 8. The summed E-state index contributed by atoms with van der Waals surface area (Å²) in [6.45, 7) is 0. The average molecular weight is 511 g/mol.